The van der Waals surface area contributed by atoms with Gasteiger partial charge in [0.15, 0.2) is 0 Å². The smallest absolute Gasteiger partial charge is 0.0514 e. The summed E-state index contributed by atoms with van der Waals surface area (Å²) in [5, 5.41) is 9.21. The average Bonchev–Trinajstić information content (AvgIpc) is 1.84. The average molecular weight is 172 g/mol. The molecule has 0 aliphatic carbocycles. The molecule has 0 amide bonds. The highest BCUT2D eigenvalue weighted by Gasteiger charge is 2.15. The topological polar surface area (TPSA) is 20.2 Å². The zero-order chi connectivity index (χ0) is 9.72. The van der Waals surface area contributed by atoms with Gasteiger partial charge in [-0.05, 0) is 37.5 Å². The van der Waals surface area contributed by atoms with Gasteiger partial charge in [-0.25, -0.2) is 0 Å². The van der Waals surface area contributed by atoms with Crippen molar-refractivity contribution in [2.24, 2.45) is 17.8 Å². The molecule has 0 saturated heterocycles. The molecule has 3 unspecified atom stereocenters. The first kappa shape index (κ1) is 12.0. The molecule has 0 aromatic rings. The van der Waals surface area contributed by atoms with E-state index in [4.69, 9.17) is 0 Å². The number of aliphatic hydroxyl groups is 1. The van der Waals surface area contributed by atoms with Gasteiger partial charge < -0.3 is 5.11 Å². The Morgan fingerprint density at radius 2 is 1.25 bits per heavy atom. The summed E-state index contributed by atoms with van der Waals surface area (Å²) in [7, 11) is 0. The van der Waals surface area contributed by atoms with Gasteiger partial charge in [0.25, 0.3) is 0 Å². The number of aliphatic hydroxyl groups excluding tert-OH is 1. The van der Waals surface area contributed by atoms with Crippen LogP contribution in [0.4, 0.5) is 0 Å². The molecule has 0 aromatic carbocycles. The predicted octanol–water partition coefficient (Wildman–Crippen LogP) is 3.08. The molecule has 12 heavy (non-hydrogen) atoms. The maximum atomic E-state index is 9.21. The minimum absolute atomic E-state index is 0.144. The zero-order valence-electron chi connectivity index (χ0n) is 9.17. The Morgan fingerprint density at radius 1 is 0.833 bits per heavy atom. The van der Waals surface area contributed by atoms with Crippen molar-refractivity contribution in [3.63, 3.8) is 0 Å². The van der Waals surface area contributed by atoms with E-state index in [2.05, 4.69) is 27.7 Å². The maximum absolute atomic E-state index is 9.21. The molecule has 1 heteroatoms. The Labute approximate surface area is 77.2 Å². The molecule has 0 aliphatic rings. The lowest BCUT2D eigenvalue weighted by Gasteiger charge is -2.22. The van der Waals surface area contributed by atoms with Crippen LogP contribution >= 0.6 is 0 Å². The highest BCUT2D eigenvalue weighted by atomic mass is 16.3. The lowest BCUT2D eigenvalue weighted by molar-refractivity contribution is 0.143. The van der Waals surface area contributed by atoms with Crippen LogP contribution in [0.15, 0.2) is 0 Å². The van der Waals surface area contributed by atoms with Gasteiger partial charge in [0.2, 0.25) is 0 Å². The molecule has 0 saturated carbocycles. The first-order valence-electron chi connectivity index (χ1n) is 5.11. The van der Waals surface area contributed by atoms with Crippen LogP contribution in [0.5, 0.6) is 0 Å². The molecular weight excluding hydrogens is 148 g/mol. The molecule has 1 nitrogen and oxygen atoms in total. The highest BCUT2D eigenvalue weighted by Crippen LogP contribution is 2.23. The molecule has 0 fully saturated rings. The summed E-state index contributed by atoms with van der Waals surface area (Å²) in [5.41, 5.74) is 0. The van der Waals surface area contributed by atoms with Crippen LogP contribution in [0, 0.1) is 17.8 Å². The zero-order valence-corrected chi connectivity index (χ0v) is 9.17. The third-order valence-electron chi connectivity index (χ3n) is 2.53. The van der Waals surface area contributed by atoms with Gasteiger partial charge >= 0.3 is 0 Å². The van der Waals surface area contributed by atoms with Crippen LogP contribution in [0.3, 0.4) is 0 Å². The molecule has 0 heterocycles. The lowest BCUT2D eigenvalue weighted by Crippen LogP contribution is -2.15. The summed E-state index contributed by atoms with van der Waals surface area (Å²) in [5.74, 6) is 2.16. The van der Waals surface area contributed by atoms with Crippen LogP contribution in [-0.2, 0) is 0 Å². The van der Waals surface area contributed by atoms with E-state index >= 15 is 0 Å². The number of hydrogen-bond donors (Lipinski definition) is 1. The molecule has 0 rings (SSSR count). The third-order valence-corrected chi connectivity index (χ3v) is 2.53. The Hall–Kier alpha value is -0.0400. The monoisotopic (exact) mass is 172 g/mol. The van der Waals surface area contributed by atoms with Gasteiger partial charge in [0.1, 0.15) is 0 Å². The second-order valence-electron chi connectivity index (χ2n) is 4.67. The van der Waals surface area contributed by atoms with Crippen LogP contribution in [0.25, 0.3) is 0 Å². The standard InChI is InChI=1S/C11H24O/c1-8(2)6-9(3)10(4)7-11(5)12/h8-12H,6-7H2,1-5H3. The normalized spacial score (nSPS) is 19.2. The van der Waals surface area contributed by atoms with Gasteiger partial charge in [-0.3, -0.25) is 0 Å². The summed E-state index contributed by atoms with van der Waals surface area (Å²) in [6, 6.07) is 0. The fraction of sp³-hybridized carbons (Fsp3) is 1.00. The lowest BCUT2D eigenvalue weighted by atomic mass is 9.85. The van der Waals surface area contributed by atoms with Gasteiger partial charge in [-0.2, -0.15) is 0 Å². The van der Waals surface area contributed by atoms with Crippen molar-refractivity contribution in [1.82, 2.24) is 0 Å². The minimum atomic E-state index is -0.144. The molecule has 0 bridgehead atoms. The third kappa shape index (κ3) is 5.59. The van der Waals surface area contributed by atoms with Crippen LogP contribution < -0.4 is 0 Å². The SMILES string of the molecule is CC(C)CC(C)C(C)CC(C)O. The van der Waals surface area contributed by atoms with Gasteiger partial charge in [0.05, 0.1) is 6.10 Å². The van der Waals surface area contributed by atoms with Gasteiger partial charge in [0, 0.05) is 0 Å². The van der Waals surface area contributed by atoms with E-state index in [1.807, 2.05) is 6.92 Å². The molecule has 0 radical (unpaired) electrons. The Morgan fingerprint density at radius 3 is 1.58 bits per heavy atom. The van der Waals surface area contributed by atoms with E-state index in [0.29, 0.717) is 5.92 Å². The van der Waals surface area contributed by atoms with Crippen molar-refractivity contribution in [3.8, 4) is 0 Å². The van der Waals surface area contributed by atoms with Crippen molar-refractivity contribution in [2.75, 3.05) is 0 Å². The first-order chi connectivity index (χ1) is 5.43. The molecule has 0 aliphatic heterocycles. The van der Waals surface area contributed by atoms with E-state index in [-0.39, 0.29) is 6.10 Å². The van der Waals surface area contributed by atoms with Crippen molar-refractivity contribution in [1.29, 1.82) is 0 Å². The molecule has 3 atom stereocenters. The van der Waals surface area contributed by atoms with Crippen LogP contribution in [0.1, 0.15) is 47.5 Å². The second-order valence-corrected chi connectivity index (χ2v) is 4.67. The van der Waals surface area contributed by atoms with E-state index in [9.17, 15) is 5.11 Å². The summed E-state index contributed by atoms with van der Waals surface area (Å²) >= 11 is 0. The van der Waals surface area contributed by atoms with Gasteiger partial charge in [-0.1, -0.05) is 27.7 Å². The second kappa shape index (κ2) is 5.58. The quantitative estimate of drug-likeness (QED) is 0.675. The van der Waals surface area contributed by atoms with E-state index in [0.717, 1.165) is 18.3 Å². The summed E-state index contributed by atoms with van der Waals surface area (Å²) in [6.07, 6.45) is 2.07. The predicted molar refractivity (Wildman–Crippen MR) is 54.1 cm³/mol. The van der Waals surface area contributed by atoms with Crippen LogP contribution in [0.2, 0.25) is 0 Å². The summed E-state index contributed by atoms with van der Waals surface area (Å²) in [4.78, 5) is 0. The molecular formula is C11H24O. The largest absolute Gasteiger partial charge is 0.393 e. The highest BCUT2D eigenvalue weighted by molar-refractivity contribution is 4.65. The Bertz CT molecular complexity index is 93.6. The molecule has 0 aromatic heterocycles. The fourth-order valence-corrected chi connectivity index (χ4v) is 1.75. The maximum Gasteiger partial charge on any atom is 0.0514 e. The van der Waals surface area contributed by atoms with Crippen molar-refractivity contribution >= 4 is 0 Å². The van der Waals surface area contributed by atoms with Crippen LogP contribution in [-0.4, -0.2) is 11.2 Å². The van der Waals surface area contributed by atoms with E-state index < -0.39 is 0 Å². The number of hydrogen-bond acceptors (Lipinski definition) is 1. The molecule has 74 valence electrons. The molecule has 1 N–H and O–H groups in total. The van der Waals surface area contributed by atoms with Crippen molar-refractivity contribution in [2.45, 2.75) is 53.6 Å². The Kier molecular flexibility index (Phi) is 5.56. The van der Waals surface area contributed by atoms with E-state index in [1.165, 1.54) is 6.42 Å². The van der Waals surface area contributed by atoms with E-state index in [1.54, 1.807) is 0 Å². The summed E-state index contributed by atoms with van der Waals surface area (Å²) in [6.45, 7) is 10.9. The molecule has 0 spiro atoms. The number of rotatable bonds is 5. The summed E-state index contributed by atoms with van der Waals surface area (Å²) < 4.78 is 0. The minimum Gasteiger partial charge on any atom is -0.393 e. The van der Waals surface area contributed by atoms with Crippen molar-refractivity contribution < 1.29 is 5.11 Å². The fourth-order valence-electron chi connectivity index (χ4n) is 1.75. The van der Waals surface area contributed by atoms with Crippen molar-refractivity contribution in [3.05, 3.63) is 0 Å². The van der Waals surface area contributed by atoms with Gasteiger partial charge in [-0.15, -0.1) is 0 Å². The first-order valence-corrected chi connectivity index (χ1v) is 5.11. The Balaban J connectivity index is 3.68.